The van der Waals surface area contributed by atoms with E-state index in [1.165, 1.54) is 5.31 Å². The zero-order valence-corrected chi connectivity index (χ0v) is 12.1. The third kappa shape index (κ3) is 4.87. The Morgan fingerprint density at radius 2 is 1.91 bits per heavy atom. The van der Waals surface area contributed by atoms with Gasteiger partial charge in [-0.05, 0) is 60.3 Å². The molecule has 0 aliphatic heterocycles. The summed E-state index contributed by atoms with van der Waals surface area (Å²) in [6.07, 6.45) is 0.989. The number of ether oxygens (including phenoxy) is 1. The van der Waals surface area contributed by atoms with Crippen molar-refractivity contribution in [3.63, 3.8) is 0 Å². The minimum Gasteiger partial charge on any atom is -0.487 e. The fourth-order valence-corrected chi connectivity index (χ4v) is 5.91. The first-order chi connectivity index (χ1) is 5.13. The van der Waals surface area contributed by atoms with Crippen LogP contribution in [0.3, 0.4) is 0 Å². The van der Waals surface area contributed by atoms with Crippen molar-refractivity contribution in [3.8, 4) is 0 Å². The zero-order chi connectivity index (χ0) is 8.85. The fourth-order valence-electron chi connectivity index (χ4n) is 0.535. The molecule has 0 N–H and O–H groups in total. The van der Waals surface area contributed by atoms with Gasteiger partial charge in [-0.1, -0.05) is 6.92 Å². The minimum atomic E-state index is -0.382. The summed E-state index contributed by atoms with van der Waals surface area (Å²) in [7, 11) is 0. The molecule has 0 amide bonds. The Bertz CT molecular complexity index is 147. The van der Waals surface area contributed by atoms with Crippen LogP contribution in [0.15, 0.2) is 9.98 Å². The SMILES string of the molecule is CCO/C(Br)=C(\CC)P(Br)Br. The van der Waals surface area contributed by atoms with Gasteiger partial charge in [-0.3, -0.25) is 0 Å². The second-order valence-electron chi connectivity index (χ2n) is 1.74. The van der Waals surface area contributed by atoms with Crippen LogP contribution in [0.4, 0.5) is 0 Å². The minimum absolute atomic E-state index is 0.382. The van der Waals surface area contributed by atoms with Gasteiger partial charge < -0.3 is 4.74 Å². The Morgan fingerprint density at radius 3 is 2.18 bits per heavy atom. The number of allylic oxidation sites excluding steroid dienone is 1. The van der Waals surface area contributed by atoms with Crippen molar-refractivity contribution in [1.82, 2.24) is 0 Å². The molecule has 0 aliphatic rings. The summed E-state index contributed by atoms with van der Waals surface area (Å²) in [6, 6.07) is 0. The summed E-state index contributed by atoms with van der Waals surface area (Å²) in [6.45, 7) is 4.78. The Balaban J connectivity index is 4.27. The third-order valence-electron chi connectivity index (χ3n) is 1.04. The van der Waals surface area contributed by atoms with Gasteiger partial charge in [-0.2, -0.15) is 0 Å². The Kier molecular flexibility index (Phi) is 7.76. The van der Waals surface area contributed by atoms with Crippen LogP contribution in [0.1, 0.15) is 20.3 Å². The predicted molar refractivity (Wildman–Crippen MR) is 62.6 cm³/mol. The monoisotopic (exact) mass is 366 g/mol. The van der Waals surface area contributed by atoms with Crippen LogP contribution in [-0.4, -0.2) is 6.61 Å². The first kappa shape index (κ1) is 12.4. The van der Waals surface area contributed by atoms with E-state index in [0.717, 1.165) is 11.1 Å². The smallest absolute Gasteiger partial charge is 0.167 e. The predicted octanol–water partition coefficient (Wildman–Crippen LogP) is 5.10. The number of hydrogen-bond acceptors (Lipinski definition) is 1. The molecular weight excluding hydrogens is 359 g/mol. The van der Waals surface area contributed by atoms with Gasteiger partial charge in [-0.15, -0.1) is 0 Å². The lowest BCUT2D eigenvalue weighted by molar-refractivity contribution is 0.258. The van der Waals surface area contributed by atoms with E-state index in [1.807, 2.05) is 6.92 Å². The maximum Gasteiger partial charge on any atom is 0.167 e. The van der Waals surface area contributed by atoms with Crippen molar-refractivity contribution in [2.24, 2.45) is 0 Å². The topological polar surface area (TPSA) is 9.23 Å². The summed E-state index contributed by atoms with van der Waals surface area (Å²) in [4.78, 5) is 0. The Hall–Kier alpha value is 1.41. The molecule has 0 aliphatic carbocycles. The lowest BCUT2D eigenvalue weighted by atomic mass is 10.5. The average Bonchev–Trinajstić information content (AvgIpc) is 1.88. The molecule has 0 fully saturated rings. The molecule has 0 atom stereocenters. The van der Waals surface area contributed by atoms with E-state index >= 15 is 0 Å². The van der Waals surface area contributed by atoms with Gasteiger partial charge in [0, 0.05) is 5.31 Å². The average molecular weight is 369 g/mol. The summed E-state index contributed by atoms with van der Waals surface area (Å²) >= 11 is 10.3. The summed E-state index contributed by atoms with van der Waals surface area (Å²) in [5.41, 5.74) is 0. The molecule has 0 radical (unpaired) electrons. The van der Waals surface area contributed by atoms with Crippen LogP contribution in [0, 0.1) is 0 Å². The van der Waals surface area contributed by atoms with Crippen LogP contribution in [-0.2, 0) is 4.74 Å². The van der Waals surface area contributed by atoms with Crippen LogP contribution in [0.2, 0.25) is 0 Å². The highest BCUT2D eigenvalue weighted by atomic mass is 79.9. The Labute approximate surface area is 93.3 Å². The largest absolute Gasteiger partial charge is 0.487 e. The molecule has 0 aromatic heterocycles. The van der Waals surface area contributed by atoms with Gasteiger partial charge in [0.05, 0.1) is 11.9 Å². The highest BCUT2D eigenvalue weighted by molar-refractivity contribution is 9.70. The summed E-state index contributed by atoms with van der Waals surface area (Å²) in [5, 5.41) is 0.870. The van der Waals surface area contributed by atoms with Gasteiger partial charge >= 0.3 is 0 Å². The van der Waals surface area contributed by atoms with Gasteiger partial charge in [-0.25, -0.2) is 0 Å². The summed E-state index contributed by atoms with van der Waals surface area (Å²) < 4.78 is 6.17. The number of halogens is 3. The van der Waals surface area contributed by atoms with E-state index in [4.69, 9.17) is 4.74 Å². The van der Waals surface area contributed by atoms with E-state index in [9.17, 15) is 0 Å². The lowest BCUT2D eigenvalue weighted by Gasteiger charge is -2.09. The van der Waals surface area contributed by atoms with Crippen molar-refractivity contribution in [1.29, 1.82) is 0 Å². The molecule has 0 bridgehead atoms. The fraction of sp³-hybridized carbons (Fsp3) is 0.667. The Morgan fingerprint density at radius 1 is 1.36 bits per heavy atom. The molecule has 5 heteroatoms. The molecule has 0 saturated carbocycles. The van der Waals surface area contributed by atoms with E-state index in [2.05, 4.69) is 53.8 Å². The first-order valence-corrected chi connectivity index (χ1v) is 9.43. The first-order valence-electron chi connectivity index (χ1n) is 3.26. The van der Waals surface area contributed by atoms with Crippen LogP contribution in [0.5, 0.6) is 0 Å². The molecule has 11 heavy (non-hydrogen) atoms. The highest BCUT2D eigenvalue weighted by Crippen LogP contribution is 2.61. The summed E-state index contributed by atoms with van der Waals surface area (Å²) in [5.74, 6) is 0. The van der Waals surface area contributed by atoms with E-state index in [-0.39, 0.29) is 5.33 Å². The van der Waals surface area contributed by atoms with Crippen molar-refractivity contribution in [2.45, 2.75) is 20.3 Å². The number of rotatable bonds is 4. The number of hydrogen-bond donors (Lipinski definition) is 0. The molecule has 0 saturated heterocycles. The second-order valence-corrected chi connectivity index (χ2v) is 10.6. The molecular formula is C6H10Br3OP. The second kappa shape index (κ2) is 6.88. The van der Waals surface area contributed by atoms with Crippen LogP contribution < -0.4 is 0 Å². The molecule has 0 heterocycles. The van der Waals surface area contributed by atoms with E-state index < -0.39 is 0 Å². The van der Waals surface area contributed by atoms with Crippen LogP contribution in [0.25, 0.3) is 0 Å². The van der Waals surface area contributed by atoms with Gasteiger partial charge in [0.15, 0.2) is 4.67 Å². The molecule has 66 valence electrons. The van der Waals surface area contributed by atoms with Crippen molar-refractivity contribution < 1.29 is 4.74 Å². The lowest BCUT2D eigenvalue weighted by Crippen LogP contribution is -1.86. The zero-order valence-electron chi connectivity index (χ0n) is 6.40. The molecule has 0 rings (SSSR count). The normalized spacial score (nSPS) is 13.3. The molecule has 0 spiro atoms. The molecule has 1 nitrogen and oxygen atoms in total. The maximum absolute atomic E-state index is 5.31. The van der Waals surface area contributed by atoms with Gasteiger partial charge in [0.1, 0.15) is 0 Å². The van der Waals surface area contributed by atoms with Crippen molar-refractivity contribution in [3.05, 3.63) is 9.98 Å². The standard InChI is InChI=1S/C6H10Br3OP/c1-3-5(11(8)9)6(7)10-4-2/h3-4H2,1-2H3/b6-5+. The maximum atomic E-state index is 5.31. The van der Waals surface area contributed by atoms with Crippen molar-refractivity contribution >= 4 is 52.2 Å². The third-order valence-corrected chi connectivity index (χ3v) is 5.55. The van der Waals surface area contributed by atoms with Crippen molar-refractivity contribution in [2.75, 3.05) is 6.61 Å². The highest BCUT2D eigenvalue weighted by Gasteiger charge is 2.10. The molecule has 0 aromatic carbocycles. The van der Waals surface area contributed by atoms with Gasteiger partial charge in [0.25, 0.3) is 0 Å². The quantitative estimate of drug-likeness (QED) is 0.495. The molecule has 0 aromatic rings. The molecule has 0 unspecified atom stereocenters. The van der Waals surface area contributed by atoms with Gasteiger partial charge in [0.2, 0.25) is 0 Å². The van der Waals surface area contributed by atoms with E-state index in [1.54, 1.807) is 0 Å². The van der Waals surface area contributed by atoms with E-state index in [0.29, 0.717) is 6.61 Å². The van der Waals surface area contributed by atoms with Crippen LogP contribution >= 0.6 is 52.2 Å².